The molecule has 0 atom stereocenters. The molecule has 0 aliphatic rings. The topological polar surface area (TPSA) is 72.0 Å². The van der Waals surface area contributed by atoms with Gasteiger partial charge in [-0.15, -0.1) is 5.10 Å². The summed E-state index contributed by atoms with van der Waals surface area (Å²) in [6, 6.07) is 27.8. The number of aryl methyl sites for hydroxylation is 1. The van der Waals surface area contributed by atoms with Crippen molar-refractivity contribution >= 4 is 17.5 Å². The van der Waals surface area contributed by atoms with Gasteiger partial charge in [-0.05, 0) is 42.7 Å². The van der Waals surface area contributed by atoms with E-state index < -0.39 is 0 Å². The minimum Gasteiger partial charge on any atom is -0.455 e. The van der Waals surface area contributed by atoms with E-state index >= 15 is 0 Å². The summed E-state index contributed by atoms with van der Waals surface area (Å²) >= 11 is 0. The van der Waals surface area contributed by atoms with Crippen molar-refractivity contribution in [1.29, 1.82) is 0 Å². The molecule has 0 aliphatic carbocycles. The molecule has 150 valence electrons. The first-order valence-corrected chi connectivity index (χ1v) is 9.93. The van der Waals surface area contributed by atoms with Gasteiger partial charge in [0, 0.05) is 6.54 Å². The first kappa shape index (κ1) is 19.4. The molecule has 0 fully saturated rings. The average Bonchev–Trinajstić information content (AvgIpc) is 2.80. The maximum Gasteiger partial charge on any atom is 0.249 e. The molecule has 0 aliphatic heterocycles. The van der Waals surface area contributed by atoms with Gasteiger partial charge in [-0.2, -0.15) is 10.1 Å². The van der Waals surface area contributed by atoms with E-state index in [4.69, 9.17) is 4.74 Å². The molecule has 0 radical (unpaired) electrons. The molecule has 0 amide bonds. The van der Waals surface area contributed by atoms with Gasteiger partial charge in [0.15, 0.2) is 11.6 Å². The Morgan fingerprint density at radius 3 is 2.37 bits per heavy atom. The Hall–Kier alpha value is -3.93. The molecule has 1 heterocycles. The van der Waals surface area contributed by atoms with Crippen LogP contribution in [0.5, 0.6) is 11.5 Å². The van der Waals surface area contributed by atoms with Crippen LogP contribution in [0.25, 0.3) is 0 Å². The lowest BCUT2D eigenvalue weighted by Crippen LogP contribution is -2.08. The number of nitrogens with one attached hydrogen (secondary N) is 2. The summed E-state index contributed by atoms with van der Waals surface area (Å²) in [5.41, 5.74) is 2.10. The molecular formula is C24H23N5O. The number of ether oxygens (including phenoxy) is 1. The van der Waals surface area contributed by atoms with Crippen molar-refractivity contribution < 1.29 is 4.74 Å². The average molecular weight is 397 g/mol. The van der Waals surface area contributed by atoms with Gasteiger partial charge in [-0.1, -0.05) is 60.7 Å². The molecular weight excluding hydrogens is 374 g/mol. The van der Waals surface area contributed by atoms with Gasteiger partial charge in [-0.25, -0.2) is 0 Å². The van der Waals surface area contributed by atoms with E-state index in [2.05, 4.69) is 50.1 Å². The third-order valence-corrected chi connectivity index (χ3v) is 4.45. The quantitative estimate of drug-likeness (QED) is 0.366. The summed E-state index contributed by atoms with van der Waals surface area (Å²) in [6.45, 7) is 0.806. The summed E-state index contributed by atoms with van der Waals surface area (Å²) in [5, 5.41) is 14.7. The Morgan fingerprint density at radius 2 is 1.53 bits per heavy atom. The van der Waals surface area contributed by atoms with Crippen LogP contribution < -0.4 is 15.4 Å². The lowest BCUT2D eigenvalue weighted by molar-refractivity contribution is 0.485. The highest BCUT2D eigenvalue weighted by molar-refractivity contribution is 5.63. The largest absolute Gasteiger partial charge is 0.455 e. The second-order valence-electron chi connectivity index (χ2n) is 6.72. The van der Waals surface area contributed by atoms with Crippen molar-refractivity contribution in [2.75, 3.05) is 17.2 Å². The number of nitrogens with zero attached hydrogens (tertiary/aromatic N) is 3. The van der Waals surface area contributed by atoms with Crippen molar-refractivity contribution in [2.24, 2.45) is 0 Å². The highest BCUT2D eigenvalue weighted by atomic mass is 16.5. The maximum atomic E-state index is 5.98. The summed E-state index contributed by atoms with van der Waals surface area (Å²) in [6.07, 6.45) is 3.65. The monoisotopic (exact) mass is 397 g/mol. The van der Waals surface area contributed by atoms with Crippen LogP contribution >= 0.6 is 0 Å². The van der Waals surface area contributed by atoms with Gasteiger partial charge in [0.1, 0.15) is 5.75 Å². The van der Waals surface area contributed by atoms with Crippen molar-refractivity contribution in [2.45, 2.75) is 12.8 Å². The van der Waals surface area contributed by atoms with Gasteiger partial charge in [0.05, 0.1) is 11.9 Å². The second kappa shape index (κ2) is 10.0. The van der Waals surface area contributed by atoms with Crippen LogP contribution in [0.4, 0.5) is 17.5 Å². The van der Waals surface area contributed by atoms with Gasteiger partial charge in [-0.3, -0.25) is 0 Å². The van der Waals surface area contributed by atoms with Gasteiger partial charge in [0.2, 0.25) is 5.95 Å². The molecule has 3 aromatic carbocycles. The Morgan fingerprint density at radius 1 is 0.800 bits per heavy atom. The van der Waals surface area contributed by atoms with Crippen LogP contribution in [0, 0.1) is 0 Å². The zero-order valence-electron chi connectivity index (χ0n) is 16.5. The Labute approximate surface area is 176 Å². The van der Waals surface area contributed by atoms with Crippen molar-refractivity contribution in [1.82, 2.24) is 15.2 Å². The van der Waals surface area contributed by atoms with Crippen LogP contribution in [-0.4, -0.2) is 21.7 Å². The minimum atomic E-state index is 0.409. The normalized spacial score (nSPS) is 10.4. The Balaban J connectivity index is 1.36. The number of anilines is 3. The SMILES string of the molecule is c1ccc(CCCNc2cnnc(Nc3ccccc3Oc3ccccc3)n2)cc1. The number of rotatable bonds is 9. The molecule has 6 heteroatoms. The molecule has 0 bridgehead atoms. The highest BCUT2D eigenvalue weighted by Crippen LogP contribution is 2.30. The summed E-state index contributed by atoms with van der Waals surface area (Å²) in [7, 11) is 0. The second-order valence-corrected chi connectivity index (χ2v) is 6.72. The van der Waals surface area contributed by atoms with Crippen molar-refractivity contribution in [3.63, 3.8) is 0 Å². The Bertz CT molecular complexity index is 1060. The van der Waals surface area contributed by atoms with Crippen LogP contribution in [-0.2, 0) is 6.42 Å². The molecule has 0 saturated heterocycles. The summed E-state index contributed by atoms with van der Waals surface area (Å²) in [5.74, 6) is 2.54. The number of benzene rings is 3. The Kier molecular flexibility index (Phi) is 6.48. The van der Waals surface area contributed by atoms with Gasteiger partial charge in [0.25, 0.3) is 0 Å². The number of hydrogen-bond donors (Lipinski definition) is 2. The predicted octanol–water partition coefficient (Wildman–Crippen LogP) is 5.45. The lowest BCUT2D eigenvalue weighted by Gasteiger charge is -2.12. The van der Waals surface area contributed by atoms with E-state index in [0.29, 0.717) is 17.5 Å². The van der Waals surface area contributed by atoms with Crippen LogP contribution in [0.2, 0.25) is 0 Å². The van der Waals surface area contributed by atoms with Gasteiger partial charge >= 0.3 is 0 Å². The first-order chi connectivity index (χ1) is 14.9. The van der Waals surface area contributed by atoms with Gasteiger partial charge < -0.3 is 15.4 Å². The van der Waals surface area contributed by atoms with Crippen LogP contribution in [0.1, 0.15) is 12.0 Å². The smallest absolute Gasteiger partial charge is 0.249 e. The molecule has 6 nitrogen and oxygen atoms in total. The van der Waals surface area contributed by atoms with Crippen LogP contribution in [0.15, 0.2) is 91.1 Å². The number of aromatic nitrogens is 3. The molecule has 2 N–H and O–H groups in total. The summed E-state index contributed by atoms with van der Waals surface area (Å²) in [4.78, 5) is 4.51. The number of para-hydroxylation sites is 3. The fraction of sp³-hybridized carbons (Fsp3) is 0.125. The van der Waals surface area contributed by atoms with E-state index in [-0.39, 0.29) is 0 Å². The molecule has 1 aromatic heterocycles. The summed E-state index contributed by atoms with van der Waals surface area (Å²) < 4.78 is 5.98. The highest BCUT2D eigenvalue weighted by Gasteiger charge is 2.07. The van der Waals surface area contributed by atoms with Crippen molar-refractivity contribution in [3.8, 4) is 11.5 Å². The molecule has 0 spiro atoms. The maximum absolute atomic E-state index is 5.98. The molecule has 4 aromatic rings. The van der Waals surface area contributed by atoms with Crippen LogP contribution in [0.3, 0.4) is 0 Å². The molecule has 0 saturated carbocycles. The third kappa shape index (κ3) is 5.54. The fourth-order valence-corrected chi connectivity index (χ4v) is 2.99. The first-order valence-electron chi connectivity index (χ1n) is 9.93. The third-order valence-electron chi connectivity index (χ3n) is 4.45. The molecule has 4 rings (SSSR count). The lowest BCUT2D eigenvalue weighted by atomic mass is 10.1. The fourth-order valence-electron chi connectivity index (χ4n) is 2.99. The van der Waals surface area contributed by atoms with E-state index in [1.54, 1.807) is 6.20 Å². The molecule has 30 heavy (non-hydrogen) atoms. The minimum absolute atomic E-state index is 0.409. The van der Waals surface area contributed by atoms with E-state index in [1.165, 1.54) is 5.56 Å². The predicted molar refractivity (Wildman–Crippen MR) is 119 cm³/mol. The van der Waals surface area contributed by atoms with E-state index in [1.807, 2.05) is 60.7 Å². The van der Waals surface area contributed by atoms with E-state index in [9.17, 15) is 0 Å². The standard InChI is InChI=1S/C24H23N5O/c1-3-10-19(11-4-1)12-9-17-25-23-18-26-29-24(28-23)27-21-15-7-8-16-22(21)30-20-13-5-2-6-14-20/h1-8,10-11,13-16,18H,9,12,17H2,(H2,25,27,28,29). The van der Waals surface area contributed by atoms with Crippen molar-refractivity contribution in [3.05, 3.63) is 96.7 Å². The number of hydrogen-bond acceptors (Lipinski definition) is 6. The molecule has 0 unspecified atom stereocenters. The zero-order valence-corrected chi connectivity index (χ0v) is 16.5. The van der Waals surface area contributed by atoms with E-state index in [0.717, 1.165) is 30.8 Å². The zero-order chi connectivity index (χ0) is 20.4.